The molecule has 0 saturated heterocycles. The average Bonchev–Trinajstić information content (AvgIpc) is 2.68. The van der Waals surface area contributed by atoms with E-state index < -0.39 is 35.2 Å². The fourth-order valence-electron chi connectivity index (χ4n) is 2.48. The largest absolute Gasteiger partial charge is 0.445 e. The Labute approximate surface area is 181 Å². The van der Waals surface area contributed by atoms with Crippen molar-refractivity contribution in [2.45, 2.75) is 51.6 Å². The van der Waals surface area contributed by atoms with Gasteiger partial charge in [0.1, 0.15) is 18.0 Å². The van der Waals surface area contributed by atoms with Crippen molar-refractivity contribution in [3.05, 3.63) is 35.9 Å². The van der Waals surface area contributed by atoms with Crippen LogP contribution in [0.3, 0.4) is 0 Å². The minimum absolute atomic E-state index is 0.0513. The number of ether oxygens (including phenoxy) is 1. The Morgan fingerprint density at radius 1 is 1.13 bits per heavy atom. The molecular formula is C20H29ClN4O5. The van der Waals surface area contributed by atoms with Crippen molar-refractivity contribution in [2.24, 2.45) is 11.7 Å². The Kier molecular flexibility index (Phi) is 10.7. The van der Waals surface area contributed by atoms with E-state index in [4.69, 9.17) is 22.1 Å². The molecule has 10 heteroatoms. The lowest BCUT2D eigenvalue weighted by atomic mass is 10.0. The zero-order valence-corrected chi connectivity index (χ0v) is 18.1. The number of rotatable bonds is 10. The molecule has 0 aliphatic heterocycles. The Balaban J connectivity index is 2.78. The van der Waals surface area contributed by atoms with E-state index >= 15 is 0 Å². The maximum atomic E-state index is 12.7. The molecule has 0 fully saturated rings. The molecule has 0 heterocycles. The molecule has 0 aromatic heterocycles. The zero-order valence-electron chi connectivity index (χ0n) is 17.4. The highest BCUT2D eigenvalue weighted by atomic mass is 35.5. The SMILES string of the molecule is CC(C)CC(NC(=O)OCc1ccccc1)C(=O)NN(CCC(N)=O)C(=O)C(C)Cl. The summed E-state index contributed by atoms with van der Waals surface area (Å²) in [5.74, 6) is -1.79. The van der Waals surface area contributed by atoms with Gasteiger partial charge in [-0.05, 0) is 24.8 Å². The molecule has 9 nitrogen and oxygen atoms in total. The molecule has 0 bridgehead atoms. The maximum Gasteiger partial charge on any atom is 0.408 e. The number of nitrogens with zero attached hydrogens (tertiary/aromatic N) is 1. The van der Waals surface area contributed by atoms with Crippen LogP contribution in [0.25, 0.3) is 0 Å². The van der Waals surface area contributed by atoms with Gasteiger partial charge in [0.15, 0.2) is 0 Å². The molecule has 1 aromatic carbocycles. The van der Waals surface area contributed by atoms with Crippen LogP contribution in [0, 0.1) is 5.92 Å². The van der Waals surface area contributed by atoms with Gasteiger partial charge in [0.05, 0.1) is 6.54 Å². The lowest BCUT2D eigenvalue weighted by Crippen LogP contribution is -2.56. The number of hydrogen-bond donors (Lipinski definition) is 3. The molecule has 1 rings (SSSR count). The summed E-state index contributed by atoms with van der Waals surface area (Å²) in [5.41, 5.74) is 8.35. The minimum atomic E-state index is -0.956. The number of carbonyl (C=O) groups is 4. The molecule has 0 saturated carbocycles. The molecule has 2 atom stereocenters. The monoisotopic (exact) mass is 440 g/mol. The summed E-state index contributed by atoms with van der Waals surface area (Å²) < 4.78 is 5.17. The number of primary amides is 1. The van der Waals surface area contributed by atoms with E-state index in [0.29, 0.717) is 6.42 Å². The van der Waals surface area contributed by atoms with Crippen molar-refractivity contribution in [3.8, 4) is 0 Å². The molecule has 0 spiro atoms. The lowest BCUT2D eigenvalue weighted by Gasteiger charge is -2.27. The number of hydrogen-bond acceptors (Lipinski definition) is 5. The number of nitrogens with one attached hydrogen (secondary N) is 2. The third kappa shape index (κ3) is 9.60. The second-order valence-electron chi connectivity index (χ2n) is 7.19. The van der Waals surface area contributed by atoms with E-state index in [0.717, 1.165) is 10.6 Å². The van der Waals surface area contributed by atoms with Crippen LogP contribution in [-0.2, 0) is 25.7 Å². The van der Waals surface area contributed by atoms with Crippen molar-refractivity contribution in [1.82, 2.24) is 15.8 Å². The van der Waals surface area contributed by atoms with Crippen LogP contribution in [0.4, 0.5) is 4.79 Å². The summed E-state index contributed by atoms with van der Waals surface area (Å²) in [6, 6.07) is 8.15. The second-order valence-corrected chi connectivity index (χ2v) is 7.84. The molecule has 1 aromatic rings. The molecular weight excluding hydrogens is 412 g/mol. The average molecular weight is 441 g/mol. The van der Waals surface area contributed by atoms with Crippen molar-refractivity contribution in [3.63, 3.8) is 0 Å². The number of alkyl halides is 1. The maximum absolute atomic E-state index is 12.7. The predicted molar refractivity (Wildman–Crippen MR) is 112 cm³/mol. The number of benzene rings is 1. The van der Waals surface area contributed by atoms with Gasteiger partial charge < -0.3 is 15.8 Å². The van der Waals surface area contributed by atoms with Gasteiger partial charge in [-0.1, -0.05) is 44.2 Å². The Morgan fingerprint density at radius 2 is 1.77 bits per heavy atom. The molecule has 0 aliphatic carbocycles. The normalized spacial score (nSPS) is 12.6. The number of amides is 4. The minimum Gasteiger partial charge on any atom is -0.445 e. The highest BCUT2D eigenvalue weighted by Crippen LogP contribution is 2.08. The molecule has 0 aliphatic rings. The van der Waals surface area contributed by atoms with Crippen LogP contribution in [0.1, 0.15) is 39.2 Å². The molecule has 4 amide bonds. The van der Waals surface area contributed by atoms with Gasteiger partial charge in [-0.25, -0.2) is 4.79 Å². The van der Waals surface area contributed by atoms with Crippen molar-refractivity contribution >= 4 is 35.4 Å². The van der Waals surface area contributed by atoms with Crippen LogP contribution >= 0.6 is 11.6 Å². The van der Waals surface area contributed by atoms with Crippen LogP contribution in [0.15, 0.2) is 30.3 Å². The third-order valence-corrected chi connectivity index (χ3v) is 4.15. The highest BCUT2D eigenvalue weighted by molar-refractivity contribution is 6.30. The highest BCUT2D eigenvalue weighted by Gasteiger charge is 2.27. The smallest absolute Gasteiger partial charge is 0.408 e. The number of carbonyl (C=O) groups excluding carboxylic acids is 4. The topological polar surface area (TPSA) is 131 Å². The molecule has 2 unspecified atom stereocenters. The first-order valence-corrected chi connectivity index (χ1v) is 10.0. The molecule has 0 radical (unpaired) electrons. The van der Waals surface area contributed by atoms with Gasteiger partial charge in [0.25, 0.3) is 11.8 Å². The number of hydrazine groups is 1. The third-order valence-electron chi connectivity index (χ3n) is 3.96. The van der Waals surface area contributed by atoms with E-state index in [2.05, 4.69) is 10.7 Å². The van der Waals surface area contributed by atoms with Gasteiger partial charge in [-0.15, -0.1) is 11.6 Å². The fraction of sp³-hybridized carbons (Fsp3) is 0.500. The molecule has 166 valence electrons. The Hall–Kier alpha value is -2.81. The van der Waals surface area contributed by atoms with Gasteiger partial charge in [-0.3, -0.25) is 24.8 Å². The first-order chi connectivity index (χ1) is 14.1. The number of halogens is 1. The molecule has 30 heavy (non-hydrogen) atoms. The first kappa shape index (κ1) is 25.2. The Bertz CT molecular complexity index is 727. The van der Waals surface area contributed by atoms with E-state index in [9.17, 15) is 19.2 Å². The zero-order chi connectivity index (χ0) is 22.7. The van der Waals surface area contributed by atoms with Crippen molar-refractivity contribution < 1.29 is 23.9 Å². The van der Waals surface area contributed by atoms with Gasteiger partial charge in [0.2, 0.25) is 5.91 Å². The number of nitrogens with two attached hydrogens (primary N) is 1. The summed E-state index contributed by atoms with van der Waals surface area (Å²) >= 11 is 5.82. The second kappa shape index (κ2) is 12.7. The summed E-state index contributed by atoms with van der Waals surface area (Å²) in [6.07, 6.45) is -0.613. The van der Waals surface area contributed by atoms with Gasteiger partial charge in [-0.2, -0.15) is 0 Å². The van der Waals surface area contributed by atoms with E-state index in [1.807, 2.05) is 32.0 Å². The van der Waals surface area contributed by atoms with Gasteiger partial charge >= 0.3 is 6.09 Å². The van der Waals surface area contributed by atoms with Crippen LogP contribution in [0.2, 0.25) is 0 Å². The number of alkyl carbamates (subject to hydrolysis) is 1. The summed E-state index contributed by atoms with van der Waals surface area (Å²) in [4.78, 5) is 48.2. The van der Waals surface area contributed by atoms with Gasteiger partial charge in [0, 0.05) is 6.42 Å². The lowest BCUT2D eigenvalue weighted by molar-refractivity contribution is -0.142. The van der Waals surface area contributed by atoms with E-state index in [1.54, 1.807) is 12.1 Å². The summed E-state index contributed by atoms with van der Waals surface area (Å²) in [7, 11) is 0. The molecule has 4 N–H and O–H groups in total. The van der Waals surface area contributed by atoms with Crippen molar-refractivity contribution in [1.29, 1.82) is 0 Å². The van der Waals surface area contributed by atoms with Crippen LogP contribution < -0.4 is 16.5 Å². The van der Waals surface area contributed by atoms with Crippen LogP contribution in [-0.4, -0.2) is 46.8 Å². The van der Waals surface area contributed by atoms with Crippen LogP contribution in [0.5, 0.6) is 0 Å². The van der Waals surface area contributed by atoms with E-state index in [1.165, 1.54) is 6.92 Å². The summed E-state index contributed by atoms with van der Waals surface area (Å²) in [5, 5.41) is 2.54. The summed E-state index contributed by atoms with van der Waals surface area (Å²) in [6.45, 7) is 5.12. The Morgan fingerprint density at radius 3 is 2.30 bits per heavy atom. The van der Waals surface area contributed by atoms with E-state index in [-0.39, 0.29) is 25.5 Å². The quantitative estimate of drug-likeness (QED) is 0.376. The fourth-order valence-corrected chi connectivity index (χ4v) is 2.60. The predicted octanol–water partition coefficient (Wildman–Crippen LogP) is 1.69. The van der Waals surface area contributed by atoms with Crippen molar-refractivity contribution in [2.75, 3.05) is 6.54 Å². The standard InChI is InChI=1S/C20H29ClN4O5/c1-13(2)11-16(23-20(29)30-12-15-7-5-4-6-8-15)18(27)24-25(10-9-17(22)26)19(28)14(3)21/h4-8,13-14,16H,9-12H2,1-3H3,(H2,22,26)(H,23,29)(H,24,27). The first-order valence-electron chi connectivity index (χ1n) is 9.61.